The predicted molar refractivity (Wildman–Crippen MR) is 108 cm³/mol. The van der Waals surface area contributed by atoms with Crippen LogP contribution < -0.4 is 5.32 Å². The predicted octanol–water partition coefficient (Wildman–Crippen LogP) is 4.47. The fourth-order valence-corrected chi connectivity index (χ4v) is 3.81. The van der Waals surface area contributed by atoms with Crippen LogP contribution in [-0.4, -0.2) is 26.1 Å². The molecule has 2 N–H and O–H groups in total. The second kappa shape index (κ2) is 8.15. The summed E-state index contributed by atoms with van der Waals surface area (Å²) in [5.41, 5.74) is 3.52. The number of hydrogen-bond donors (Lipinski definition) is 2. The minimum absolute atomic E-state index is 0.133. The van der Waals surface area contributed by atoms with E-state index >= 15 is 0 Å². The van der Waals surface area contributed by atoms with Crippen LogP contribution in [0.3, 0.4) is 0 Å². The van der Waals surface area contributed by atoms with E-state index in [1.54, 1.807) is 29.3 Å². The van der Waals surface area contributed by atoms with E-state index in [1.807, 2.05) is 53.9 Å². The second-order valence-electron chi connectivity index (χ2n) is 5.64. The monoisotopic (exact) mass is 393 g/mol. The minimum atomic E-state index is -0.133. The number of nitrogens with zero attached hydrogens (tertiary/aromatic N) is 3. The summed E-state index contributed by atoms with van der Waals surface area (Å²) in [5, 5.41) is 13.2. The number of rotatable bonds is 6. The van der Waals surface area contributed by atoms with Gasteiger partial charge in [-0.25, -0.2) is 9.97 Å². The Hall–Kier alpha value is -2.97. The number of H-pyrrole nitrogens is 1. The first-order valence-corrected chi connectivity index (χ1v) is 10.0. The molecule has 2 heterocycles. The molecule has 0 unspecified atom stereocenters. The van der Waals surface area contributed by atoms with Crippen molar-refractivity contribution >= 4 is 34.7 Å². The summed E-state index contributed by atoms with van der Waals surface area (Å²) >= 11 is 3.15. The number of thioether (sulfide) groups is 1. The zero-order valence-corrected chi connectivity index (χ0v) is 15.8. The third-order valence-corrected chi connectivity index (χ3v) is 5.58. The lowest BCUT2D eigenvalue weighted by molar-refractivity contribution is 0.102. The number of carbonyl (C=O) groups excluding carboxylic acids is 1. The Bertz CT molecular complexity index is 997. The zero-order chi connectivity index (χ0) is 18.5. The number of aromatic nitrogens is 4. The summed E-state index contributed by atoms with van der Waals surface area (Å²) in [7, 11) is 0. The van der Waals surface area contributed by atoms with Crippen molar-refractivity contribution in [3.63, 3.8) is 0 Å². The van der Waals surface area contributed by atoms with Crippen molar-refractivity contribution in [2.75, 3.05) is 5.32 Å². The standard InChI is InChI=1S/C19H15N5OS2/c25-17(23-16-7-5-15(6-8-16)18-20-9-10-26-18)14-3-1-13(2-4-14)11-27-19-21-12-22-24-19/h1-10,12H,11H2,(H,23,25)(H,21,22,24). The SMILES string of the molecule is O=C(Nc1ccc(-c2nccs2)cc1)c1ccc(CSc2ncn[nH]2)cc1. The molecule has 0 saturated carbocycles. The minimum Gasteiger partial charge on any atom is -0.322 e. The van der Waals surface area contributed by atoms with Crippen LogP contribution in [-0.2, 0) is 5.75 Å². The quantitative estimate of drug-likeness (QED) is 0.472. The maximum atomic E-state index is 12.4. The molecule has 0 aliphatic heterocycles. The van der Waals surface area contributed by atoms with Crippen molar-refractivity contribution in [2.24, 2.45) is 0 Å². The largest absolute Gasteiger partial charge is 0.322 e. The summed E-state index contributed by atoms with van der Waals surface area (Å²) in [4.78, 5) is 20.8. The van der Waals surface area contributed by atoms with Crippen molar-refractivity contribution in [2.45, 2.75) is 10.9 Å². The van der Waals surface area contributed by atoms with Gasteiger partial charge in [-0.1, -0.05) is 23.9 Å². The Labute approximate surface area is 164 Å². The molecule has 0 saturated heterocycles. The number of aromatic amines is 1. The van der Waals surface area contributed by atoms with E-state index < -0.39 is 0 Å². The van der Waals surface area contributed by atoms with Gasteiger partial charge in [-0.05, 0) is 42.0 Å². The van der Waals surface area contributed by atoms with Gasteiger partial charge in [0.1, 0.15) is 11.3 Å². The van der Waals surface area contributed by atoms with Crippen molar-refractivity contribution < 1.29 is 4.79 Å². The van der Waals surface area contributed by atoms with Gasteiger partial charge >= 0.3 is 0 Å². The molecular weight excluding hydrogens is 378 g/mol. The Balaban J connectivity index is 1.36. The highest BCUT2D eigenvalue weighted by Crippen LogP contribution is 2.23. The third-order valence-electron chi connectivity index (χ3n) is 3.81. The molecule has 0 aliphatic carbocycles. The maximum Gasteiger partial charge on any atom is 0.255 e. The highest BCUT2D eigenvalue weighted by atomic mass is 32.2. The van der Waals surface area contributed by atoms with Gasteiger partial charge in [0.05, 0.1) is 0 Å². The van der Waals surface area contributed by atoms with Gasteiger partial charge in [-0.2, -0.15) is 5.10 Å². The number of hydrogen-bond acceptors (Lipinski definition) is 6. The first-order chi connectivity index (χ1) is 13.3. The highest BCUT2D eigenvalue weighted by Gasteiger charge is 2.07. The Kier molecular flexibility index (Phi) is 5.27. The van der Waals surface area contributed by atoms with E-state index in [-0.39, 0.29) is 5.91 Å². The normalized spacial score (nSPS) is 10.7. The summed E-state index contributed by atoms with van der Waals surface area (Å²) in [5.74, 6) is 0.626. The van der Waals surface area contributed by atoms with Crippen LogP contribution in [0, 0.1) is 0 Å². The number of amides is 1. The third kappa shape index (κ3) is 4.42. The van der Waals surface area contributed by atoms with Crippen molar-refractivity contribution in [3.05, 3.63) is 77.6 Å². The molecule has 2 aromatic carbocycles. The van der Waals surface area contributed by atoms with Gasteiger partial charge in [-0.3, -0.25) is 9.89 Å². The van der Waals surface area contributed by atoms with Gasteiger partial charge in [0.25, 0.3) is 5.91 Å². The van der Waals surface area contributed by atoms with E-state index in [0.717, 1.165) is 32.7 Å². The van der Waals surface area contributed by atoms with Crippen molar-refractivity contribution in [3.8, 4) is 10.6 Å². The van der Waals surface area contributed by atoms with E-state index in [0.29, 0.717) is 5.56 Å². The average molecular weight is 393 g/mol. The number of carbonyl (C=O) groups is 1. The average Bonchev–Trinajstić information content (AvgIpc) is 3.41. The van der Waals surface area contributed by atoms with Crippen LogP contribution in [0.2, 0.25) is 0 Å². The summed E-state index contributed by atoms with van der Waals surface area (Å²) in [6.07, 6.45) is 3.27. The van der Waals surface area contributed by atoms with Gasteiger partial charge in [0.15, 0.2) is 5.16 Å². The first-order valence-electron chi connectivity index (χ1n) is 8.16. The molecule has 0 spiro atoms. The fourth-order valence-electron chi connectivity index (χ4n) is 2.43. The number of anilines is 1. The number of benzene rings is 2. The summed E-state index contributed by atoms with van der Waals surface area (Å²) in [6.45, 7) is 0. The molecule has 0 fully saturated rings. The number of nitrogens with one attached hydrogen (secondary N) is 2. The molecule has 27 heavy (non-hydrogen) atoms. The summed E-state index contributed by atoms with van der Waals surface area (Å²) < 4.78 is 0. The molecule has 0 radical (unpaired) electrons. The van der Waals surface area contributed by atoms with Crippen LogP contribution >= 0.6 is 23.1 Å². The lowest BCUT2D eigenvalue weighted by Crippen LogP contribution is -2.11. The molecule has 2 aromatic heterocycles. The molecule has 0 aliphatic rings. The maximum absolute atomic E-state index is 12.4. The number of thiazole rings is 1. The van der Waals surface area contributed by atoms with Crippen LogP contribution in [0.15, 0.2) is 71.6 Å². The second-order valence-corrected chi connectivity index (χ2v) is 7.50. The van der Waals surface area contributed by atoms with E-state index in [4.69, 9.17) is 0 Å². The topological polar surface area (TPSA) is 83.6 Å². The molecular formula is C19H15N5OS2. The van der Waals surface area contributed by atoms with Crippen LogP contribution in [0.25, 0.3) is 10.6 Å². The van der Waals surface area contributed by atoms with Gasteiger partial charge in [0.2, 0.25) is 0 Å². The van der Waals surface area contributed by atoms with E-state index in [1.165, 1.54) is 6.33 Å². The molecule has 8 heteroatoms. The smallest absolute Gasteiger partial charge is 0.255 e. The van der Waals surface area contributed by atoms with E-state index in [9.17, 15) is 4.79 Å². The molecule has 0 atom stereocenters. The fraction of sp³-hybridized carbons (Fsp3) is 0.0526. The zero-order valence-electron chi connectivity index (χ0n) is 14.1. The van der Waals surface area contributed by atoms with Gasteiger partial charge in [0, 0.05) is 34.1 Å². The summed E-state index contributed by atoms with van der Waals surface area (Å²) in [6, 6.07) is 15.2. The van der Waals surface area contributed by atoms with Gasteiger partial charge in [-0.15, -0.1) is 11.3 Å². The molecule has 4 aromatic rings. The lowest BCUT2D eigenvalue weighted by atomic mass is 10.1. The van der Waals surface area contributed by atoms with E-state index in [2.05, 4.69) is 25.5 Å². The van der Waals surface area contributed by atoms with Crippen LogP contribution in [0.4, 0.5) is 5.69 Å². The first kappa shape index (κ1) is 17.4. The highest BCUT2D eigenvalue weighted by molar-refractivity contribution is 7.98. The van der Waals surface area contributed by atoms with Crippen LogP contribution in [0.5, 0.6) is 0 Å². The van der Waals surface area contributed by atoms with Crippen molar-refractivity contribution in [1.82, 2.24) is 20.2 Å². The molecule has 1 amide bonds. The van der Waals surface area contributed by atoms with Gasteiger partial charge < -0.3 is 5.32 Å². The molecule has 6 nitrogen and oxygen atoms in total. The molecule has 4 rings (SSSR count). The molecule has 0 bridgehead atoms. The van der Waals surface area contributed by atoms with Crippen molar-refractivity contribution in [1.29, 1.82) is 0 Å². The molecule has 134 valence electrons. The van der Waals surface area contributed by atoms with Crippen LogP contribution in [0.1, 0.15) is 15.9 Å². The lowest BCUT2D eigenvalue weighted by Gasteiger charge is -2.07. The Morgan fingerprint density at radius 2 is 1.89 bits per heavy atom. The Morgan fingerprint density at radius 1 is 1.07 bits per heavy atom. The Morgan fingerprint density at radius 3 is 2.56 bits per heavy atom.